The van der Waals surface area contributed by atoms with Gasteiger partial charge in [0, 0.05) is 0 Å². The number of esters is 2. The lowest BCUT2D eigenvalue weighted by Crippen LogP contribution is -2.30. The molecule has 0 aromatic heterocycles. The second-order valence-electron chi connectivity index (χ2n) is 2.17. The van der Waals surface area contributed by atoms with Crippen LogP contribution in [0.2, 0.25) is 0 Å². The quantitative estimate of drug-likeness (QED) is 0.432. The molecule has 0 unspecified atom stereocenters. The standard InChI is InChI=1S/C7H11Cl2O4P/c1-3-12-6(10)5(14(8)9)7(11)13-4-2/h5H,3-4H2,1-2H3. The number of halogens is 2. The molecule has 7 heteroatoms. The summed E-state index contributed by atoms with van der Waals surface area (Å²) in [5, 5.41) is 0. The zero-order valence-electron chi connectivity index (χ0n) is 7.83. The van der Waals surface area contributed by atoms with Crippen LogP contribution in [0.3, 0.4) is 0 Å². The number of hydrogen-bond donors (Lipinski definition) is 0. The molecule has 0 N–H and O–H groups in total. The predicted molar refractivity (Wildman–Crippen MR) is 55.7 cm³/mol. The highest BCUT2D eigenvalue weighted by Gasteiger charge is 2.35. The molecule has 0 aliphatic rings. The highest BCUT2D eigenvalue weighted by atomic mass is 35.9. The van der Waals surface area contributed by atoms with Gasteiger partial charge in [-0.05, 0) is 13.8 Å². The summed E-state index contributed by atoms with van der Waals surface area (Å²) in [6, 6.07) is 0. The number of hydrogen-bond acceptors (Lipinski definition) is 4. The van der Waals surface area contributed by atoms with E-state index < -0.39 is 24.2 Å². The van der Waals surface area contributed by atoms with Crippen LogP contribution in [-0.4, -0.2) is 30.8 Å². The van der Waals surface area contributed by atoms with Gasteiger partial charge in [0.05, 0.1) is 13.2 Å². The first-order valence-electron chi connectivity index (χ1n) is 3.98. The minimum atomic E-state index is -1.77. The Kier molecular flexibility index (Phi) is 7.24. The molecule has 0 spiro atoms. The van der Waals surface area contributed by atoms with Crippen molar-refractivity contribution in [2.24, 2.45) is 0 Å². The largest absolute Gasteiger partial charge is 0.465 e. The third-order valence-electron chi connectivity index (χ3n) is 1.21. The fourth-order valence-corrected chi connectivity index (χ4v) is 2.12. The maximum absolute atomic E-state index is 11.2. The van der Waals surface area contributed by atoms with Crippen LogP contribution < -0.4 is 0 Å². The van der Waals surface area contributed by atoms with Crippen LogP contribution in [0, 0.1) is 0 Å². The lowest BCUT2D eigenvalue weighted by molar-refractivity contribution is -0.153. The van der Waals surface area contributed by atoms with Crippen molar-refractivity contribution in [3.8, 4) is 0 Å². The number of carbonyl (C=O) groups excluding carboxylic acids is 2. The first kappa shape index (κ1) is 13.9. The summed E-state index contributed by atoms with van der Waals surface area (Å²) in [7, 11) is 0. The van der Waals surface area contributed by atoms with E-state index in [0.29, 0.717) is 0 Å². The summed E-state index contributed by atoms with van der Waals surface area (Å²) < 4.78 is 9.28. The van der Waals surface area contributed by atoms with Crippen LogP contribution in [0.1, 0.15) is 13.8 Å². The molecule has 14 heavy (non-hydrogen) atoms. The number of rotatable bonds is 5. The fourth-order valence-electron chi connectivity index (χ4n) is 0.698. The van der Waals surface area contributed by atoms with Crippen molar-refractivity contribution in [1.82, 2.24) is 0 Å². The van der Waals surface area contributed by atoms with E-state index in [2.05, 4.69) is 9.47 Å². The van der Waals surface area contributed by atoms with Crippen molar-refractivity contribution in [2.45, 2.75) is 19.5 Å². The Morgan fingerprint density at radius 1 is 1.14 bits per heavy atom. The monoisotopic (exact) mass is 260 g/mol. The van der Waals surface area contributed by atoms with Gasteiger partial charge in [-0.25, -0.2) is 0 Å². The van der Waals surface area contributed by atoms with Crippen molar-refractivity contribution >= 4 is 41.0 Å². The molecule has 0 radical (unpaired) electrons. The SMILES string of the molecule is CCOC(=O)C(C(=O)OCC)P(Cl)Cl. The molecule has 0 aromatic rings. The second-order valence-corrected chi connectivity index (χ2v) is 5.90. The Bertz CT molecular complexity index is 192. The van der Waals surface area contributed by atoms with Gasteiger partial charge in [-0.1, -0.05) is 22.5 Å². The third-order valence-corrected chi connectivity index (χ3v) is 3.20. The van der Waals surface area contributed by atoms with Gasteiger partial charge >= 0.3 is 11.9 Å². The highest BCUT2D eigenvalue weighted by Crippen LogP contribution is 2.52. The Morgan fingerprint density at radius 3 is 1.71 bits per heavy atom. The molecule has 0 atom stereocenters. The maximum Gasteiger partial charge on any atom is 0.327 e. The van der Waals surface area contributed by atoms with Gasteiger partial charge in [0.1, 0.15) is 6.63 Å². The molecule has 0 bridgehead atoms. The Hall–Kier alpha value is -0.0500. The first-order chi connectivity index (χ1) is 6.54. The lowest BCUT2D eigenvalue weighted by Gasteiger charge is -2.13. The smallest absolute Gasteiger partial charge is 0.327 e. The van der Waals surface area contributed by atoms with Crippen molar-refractivity contribution in [3.05, 3.63) is 0 Å². The van der Waals surface area contributed by atoms with E-state index in [-0.39, 0.29) is 13.2 Å². The fraction of sp³-hybridized carbons (Fsp3) is 0.714. The lowest BCUT2D eigenvalue weighted by atomic mass is 10.4. The van der Waals surface area contributed by atoms with Crippen LogP contribution in [0.25, 0.3) is 0 Å². The Balaban J connectivity index is 4.42. The summed E-state index contributed by atoms with van der Waals surface area (Å²) in [6.45, 7) is 1.83. The van der Waals surface area contributed by atoms with Crippen molar-refractivity contribution < 1.29 is 19.1 Å². The van der Waals surface area contributed by atoms with E-state index in [4.69, 9.17) is 22.5 Å². The van der Waals surface area contributed by atoms with E-state index in [1.54, 1.807) is 13.8 Å². The van der Waals surface area contributed by atoms with Crippen molar-refractivity contribution in [2.75, 3.05) is 13.2 Å². The zero-order chi connectivity index (χ0) is 11.1. The van der Waals surface area contributed by atoms with Crippen LogP contribution in [0.5, 0.6) is 0 Å². The minimum Gasteiger partial charge on any atom is -0.465 e. The molecule has 0 aliphatic carbocycles. The van der Waals surface area contributed by atoms with Crippen LogP contribution in [-0.2, 0) is 19.1 Å². The molecular weight excluding hydrogens is 250 g/mol. The van der Waals surface area contributed by atoms with Gasteiger partial charge in [-0.15, -0.1) is 0 Å². The first-order valence-corrected chi connectivity index (χ1v) is 7.20. The Labute approximate surface area is 93.2 Å². The minimum absolute atomic E-state index is 0.172. The number of ether oxygens (including phenoxy) is 2. The topological polar surface area (TPSA) is 52.6 Å². The van der Waals surface area contributed by atoms with E-state index in [0.717, 1.165) is 0 Å². The normalized spacial score (nSPS) is 10.4. The van der Waals surface area contributed by atoms with Gasteiger partial charge in [-0.2, -0.15) is 0 Å². The summed E-state index contributed by atoms with van der Waals surface area (Å²) >= 11 is 11.1. The molecular formula is C7H11Cl2O4P. The summed E-state index contributed by atoms with van der Waals surface area (Å²) in [4.78, 5) is 22.5. The van der Waals surface area contributed by atoms with E-state index in [1.165, 1.54) is 0 Å². The molecule has 0 rings (SSSR count). The van der Waals surface area contributed by atoms with Crippen molar-refractivity contribution in [3.63, 3.8) is 0 Å². The van der Waals surface area contributed by atoms with Crippen molar-refractivity contribution in [1.29, 1.82) is 0 Å². The molecule has 82 valence electrons. The van der Waals surface area contributed by atoms with Gasteiger partial charge < -0.3 is 9.47 Å². The summed E-state index contributed by atoms with van der Waals surface area (Å²) in [5.74, 6) is -1.47. The van der Waals surface area contributed by atoms with E-state index >= 15 is 0 Å². The number of carbonyl (C=O) groups is 2. The Morgan fingerprint density at radius 2 is 1.50 bits per heavy atom. The average molecular weight is 261 g/mol. The van der Waals surface area contributed by atoms with Gasteiger partial charge in [0.15, 0.2) is 0 Å². The van der Waals surface area contributed by atoms with Gasteiger partial charge in [0.25, 0.3) is 0 Å². The van der Waals surface area contributed by atoms with Crippen LogP contribution >= 0.6 is 29.1 Å². The molecule has 0 heterocycles. The zero-order valence-corrected chi connectivity index (χ0v) is 10.2. The molecule has 0 aliphatic heterocycles. The molecule has 4 nitrogen and oxygen atoms in total. The molecule has 0 saturated heterocycles. The maximum atomic E-state index is 11.2. The summed E-state index contributed by atoms with van der Waals surface area (Å²) in [6.07, 6.45) is 0. The van der Waals surface area contributed by atoms with Crippen LogP contribution in [0.15, 0.2) is 0 Å². The average Bonchev–Trinajstić information content (AvgIpc) is 2.04. The second kappa shape index (κ2) is 7.27. The molecule has 0 fully saturated rings. The predicted octanol–water partition coefficient (Wildman–Crippen LogP) is 2.27. The van der Waals surface area contributed by atoms with Crippen LogP contribution in [0.4, 0.5) is 0 Å². The molecule has 0 saturated carbocycles. The van der Waals surface area contributed by atoms with Gasteiger partial charge in [0.2, 0.25) is 5.66 Å². The van der Waals surface area contributed by atoms with E-state index in [9.17, 15) is 9.59 Å². The molecule has 0 amide bonds. The van der Waals surface area contributed by atoms with E-state index in [1.807, 2.05) is 0 Å². The highest BCUT2D eigenvalue weighted by molar-refractivity contribution is 8.05. The summed E-state index contributed by atoms with van der Waals surface area (Å²) in [5.41, 5.74) is -1.20. The van der Waals surface area contributed by atoms with Gasteiger partial charge in [-0.3, -0.25) is 9.59 Å². The third kappa shape index (κ3) is 4.45. The molecule has 0 aromatic carbocycles.